The van der Waals surface area contributed by atoms with Gasteiger partial charge in [0.05, 0.1) is 48.6 Å². The van der Waals surface area contributed by atoms with Gasteiger partial charge in [-0.25, -0.2) is 0 Å². The Kier molecular flexibility index (Phi) is 13.1. The van der Waals surface area contributed by atoms with Gasteiger partial charge in [0.15, 0.2) is 0 Å². The van der Waals surface area contributed by atoms with Gasteiger partial charge < -0.3 is 21.5 Å². The Labute approximate surface area is 318 Å². The molecule has 6 aromatic rings. The SMILES string of the molecule is Cc1cc2ccsc2n1CCN1CCOCC1.Cc1ccc(C#N)cc1.Cc1ccc(C(=N)c2cc3cc(C)n(CCN4CCOCC4)c3s2)cc1.[2H-].[3H-]. The molecule has 2 aromatic carbocycles. The maximum Gasteiger partial charge on any atom is 0.103 e. The molecule has 0 radical (unpaired) electrons. The normalized spacial score (nSPS) is 15.1. The molecule has 2 fully saturated rings. The molecule has 8 rings (SSSR count). The highest BCUT2D eigenvalue weighted by atomic mass is 32.1. The van der Waals surface area contributed by atoms with E-state index in [0.717, 1.165) is 94.8 Å². The molecule has 2 aliphatic heterocycles. The first-order valence-electron chi connectivity index (χ1n) is 18.1. The summed E-state index contributed by atoms with van der Waals surface area (Å²) in [6.07, 6.45) is 0. The monoisotopic (exact) mass is 739 g/mol. The fourth-order valence-electron chi connectivity index (χ4n) is 6.58. The quantitative estimate of drug-likeness (QED) is 0.158. The van der Waals surface area contributed by atoms with Crippen molar-refractivity contribution in [3.63, 3.8) is 0 Å². The smallest absolute Gasteiger partial charge is 0.103 e. The zero-order chi connectivity index (χ0) is 36.5. The average Bonchev–Trinajstić information content (AvgIpc) is 3.93. The van der Waals surface area contributed by atoms with Gasteiger partial charge in [0.1, 0.15) is 9.66 Å². The van der Waals surface area contributed by atoms with Crippen molar-refractivity contribution in [3.05, 3.63) is 117 Å². The van der Waals surface area contributed by atoms with E-state index in [1.54, 1.807) is 11.3 Å². The van der Waals surface area contributed by atoms with Crippen LogP contribution in [0, 0.1) is 44.4 Å². The van der Waals surface area contributed by atoms with E-state index in [9.17, 15) is 0 Å². The van der Waals surface area contributed by atoms with Crippen LogP contribution in [0.1, 0.15) is 41.4 Å². The lowest BCUT2D eigenvalue weighted by molar-refractivity contribution is 0.0364. The topological polar surface area (TPSA) is 82.4 Å². The maximum atomic E-state index is 8.58. The number of ether oxygens (including phenoxy) is 2. The lowest BCUT2D eigenvalue weighted by Gasteiger charge is -2.26. The van der Waals surface area contributed by atoms with Gasteiger partial charge in [-0.2, -0.15) is 5.26 Å². The molecule has 10 heteroatoms. The van der Waals surface area contributed by atoms with Gasteiger partial charge in [-0.15, -0.1) is 22.7 Å². The Bertz CT molecular complexity index is 2100. The number of thiophene rings is 2. The Hall–Kier alpha value is -4.08. The van der Waals surface area contributed by atoms with Crippen LogP contribution < -0.4 is 0 Å². The number of aromatic nitrogens is 2. The lowest BCUT2D eigenvalue weighted by atomic mass is 10.1. The zero-order valence-electron chi connectivity index (χ0n) is 32.9. The van der Waals surface area contributed by atoms with Crippen LogP contribution in [0.15, 0.2) is 78.2 Å². The van der Waals surface area contributed by atoms with Crippen molar-refractivity contribution in [1.29, 1.82) is 10.7 Å². The molecule has 0 unspecified atom stereocenters. The van der Waals surface area contributed by atoms with Crippen LogP contribution in [0.25, 0.3) is 20.4 Å². The molecule has 4 aromatic heterocycles. The van der Waals surface area contributed by atoms with Crippen LogP contribution >= 0.6 is 22.7 Å². The number of rotatable bonds is 8. The minimum Gasteiger partial charge on any atom is -1.00 e. The van der Waals surface area contributed by atoms with E-state index in [1.165, 1.54) is 42.9 Å². The molecular weight excluding hydrogens is 685 g/mol. The van der Waals surface area contributed by atoms with Crippen molar-refractivity contribution in [2.45, 2.75) is 40.8 Å². The van der Waals surface area contributed by atoms with E-state index in [1.807, 2.05) is 54.7 Å². The summed E-state index contributed by atoms with van der Waals surface area (Å²) < 4.78 is 15.7. The van der Waals surface area contributed by atoms with Gasteiger partial charge in [-0.05, 0) is 69.5 Å². The minimum absolute atomic E-state index is 0. The van der Waals surface area contributed by atoms with Crippen LogP contribution in [0.4, 0.5) is 0 Å². The summed E-state index contributed by atoms with van der Waals surface area (Å²) in [5, 5.41) is 21.8. The fraction of sp³-hybridized carbons (Fsp3) is 0.381. The highest BCUT2D eigenvalue weighted by Gasteiger charge is 2.16. The second-order valence-corrected chi connectivity index (χ2v) is 15.5. The van der Waals surface area contributed by atoms with Crippen LogP contribution in [-0.2, 0) is 22.6 Å². The molecule has 0 amide bonds. The highest BCUT2D eigenvalue weighted by Crippen LogP contribution is 2.31. The molecule has 2 saturated heterocycles. The van der Waals surface area contributed by atoms with Gasteiger partial charge in [0.25, 0.3) is 0 Å². The van der Waals surface area contributed by atoms with Gasteiger partial charge in [-0.1, -0.05) is 47.5 Å². The largest absolute Gasteiger partial charge is 1.00 e. The van der Waals surface area contributed by atoms with Crippen LogP contribution in [0.5, 0.6) is 0 Å². The number of aryl methyl sites for hydroxylation is 4. The second kappa shape index (κ2) is 18.1. The number of hydrogen-bond donors (Lipinski definition) is 1. The molecule has 2 aliphatic rings. The highest BCUT2D eigenvalue weighted by molar-refractivity contribution is 7.20. The molecule has 276 valence electrons. The van der Waals surface area contributed by atoms with E-state index in [2.05, 4.69) is 87.6 Å². The molecule has 52 heavy (non-hydrogen) atoms. The van der Waals surface area contributed by atoms with Crippen molar-refractivity contribution >= 4 is 48.8 Å². The predicted molar refractivity (Wildman–Crippen MR) is 219 cm³/mol. The first-order valence-corrected chi connectivity index (χ1v) is 19.8. The maximum absolute atomic E-state index is 8.58. The lowest BCUT2D eigenvalue weighted by Crippen LogP contribution is -2.38. The van der Waals surface area contributed by atoms with E-state index < -0.39 is 0 Å². The first kappa shape index (κ1) is 37.7. The summed E-state index contributed by atoms with van der Waals surface area (Å²) in [6.45, 7) is 20.4. The standard InChI is InChI=1S/C21H25N3OS.C13H18N2OS.C8H7N.2H/c1-15-3-5-17(6-4-15)20(22)19-14-18-13-16(2)24(21(18)26-19)8-7-23-9-11-25-12-10-23;1-11-10-12-2-9-17-13(12)15(11)4-3-14-5-7-16-8-6-14;1-7-2-4-8(6-9)5-3-7;;/h3-6,13-14,22H,7-12H2,1-2H3;2,9-10H,3-8H2,1H3;2-5H,1H3;;/q;;;2*-1/i;;;1+2;1+1. The Morgan fingerprint density at radius 3 is 1.79 bits per heavy atom. The van der Waals surface area contributed by atoms with Gasteiger partial charge in [0, 0.05) is 80.1 Å². The van der Waals surface area contributed by atoms with Gasteiger partial charge >= 0.3 is 0 Å². The van der Waals surface area contributed by atoms with E-state index in [0.29, 0.717) is 5.71 Å². The summed E-state index contributed by atoms with van der Waals surface area (Å²) in [5.74, 6) is 0. The van der Waals surface area contributed by atoms with Crippen molar-refractivity contribution < 1.29 is 12.3 Å². The Morgan fingerprint density at radius 2 is 1.23 bits per heavy atom. The van der Waals surface area contributed by atoms with Crippen molar-refractivity contribution in [2.24, 2.45) is 0 Å². The summed E-state index contributed by atoms with van der Waals surface area (Å²) in [7, 11) is 0. The number of nitrogens with zero attached hydrogens (tertiary/aromatic N) is 5. The molecule has 6 heterocycles. The minimum atomic E-state index is 0. The number of fused-ring (bicyclic) bond motifs is 2. The third-order valence-electron chi connectivity index (χ3n) is 9.74. The third kappa shape index (κ3) is 9.66. The van der Waals surface area contributed by atoms with Gasteiger partial charge in [0.2, 0.25) is 0 Å². The molecule has 0 saturated carbocycles. The number of benzene rings is 2. The van der Waals surface area contributed by atoms with Crippen molar-refractivity contribution in [3.8, 4) is 6.07 Å². The van der Waals surface area contributed by atoms with E-state index in [4.69, 9.17) is 20.1 Å². The molecule has 0 bridgehead atoms. The number of nitrogens with one attached hydrogen (secondary N) is 1. The van der Waals surface area contributed by atoms with E-state index >= 15 is 0 Å². The van der Waals surface area contributed by atoms with Crippen molar-refractivity contribution in [2.75, 3.05) is 65.7 Å². The molecular formula is C42H52N6O2S2-2. The molecule has 1 N–H and O–H groups in total. The van der Waals surface area contributed by atoms with Crippen LogP contribution in [0.2, 0.25) is 0 Å². The first-order chi connectivity index (χ1) is 25.3. The van der Waals surface area contributed by atoms with Crippen molar-refractivity contribution in [1.82, 2.24) is 18.9 Å². The van der Waals surface area contributed by atoms with Crippen LogP contribution in [-0.4, -0.2) is 90.3 Å². The number of morpholine rings is 2. The Balaban J connectivity index is 0.000000199. The third-order valence-corrected chi connectivity index (χ3v) is 11.9. The molecule has 0 spiro atoms. The molecule has 0 atom stereocenters. The predicted octanol–water partition coefficient (Wildman–Crippen LogP) is 8.50. The van der Waals surface area contributed by atoms with Crippen LogP contribution in [0.3, 0.4) is 0 Å². The fourth-order valence-corrected chi connectivity index (χ4v) is 8.74. The summed E-state index contributed by atoms with van der Waals surface area (Å²) in [6, 6.07) is 26.7. The number of hydrogen-bond acceptors (Lipinski definition) is 8. The summed E-state index contributed by atoms with van der Waals surface area (Å²) in [4.78, 5) is 8.69. The molecule has 8 nitrogen and oxygen atoms in total. The second-order valence-electron chi connectivity index (χ2n) is 13.6. The zero-order valence-corrected chi connectivity index (χ0v) is 32.5. The van der Waals surface area contributed by atoms with E-state index in [-0.39, 0.29) is 2.85 Å². The molecule has 0 aliphatic carbocycles. The van der Waals surface area contributed by atoms with Gasteiger partial charge in [-0.3, -0.25) is 15.2 Å². The Morgan fingerprint density at radius 1 is 0.712 bits per heavy atom. The summed E-state index contributed by atoms with van der Waals surface area (Å²) >= 11 is 3.57. The average molecular weight is 740 g/mol. The number of nitriles is 1. The summed E-state index contributed by atoms with van der Waals surface area (Å²) in [5.41, 5.74) is 7.41.